The SMILES string of the molecule is C1=Nc2ccc3cc[nH]c3c2/C=C\C=C/1. The van der Waals surface area contributed by atoms with E-state index < -0.39 is 0 Å². The first-order valence-electron chi connectivity index (χ1n) is 4.93. The molecule has 0 saturated heterocycles. The Labute approximate surface area is 87.7 Å². The van der Waals surface area contributed by atoms with Crippen molar-refractivity contribution in [2.45, 2.75) is 0 Å². The van der Waals surface area contributed by atoms with Crippen LogP contribution in [0.5, 0.6) is 0 Å². The molecule has 1 aromatic carbocycles. The van der Waals surface area contributed by atoms with E-state index in [0.717, 1.165) is 16.8 Å². The third kappa shape index (κ3) is 1.31. The standard InChI is InChI=1S/C13H10N2/c1-2-4-11-12(14-8-3-1)6-5-10-7-9-15-13(10)11/h1-9,15H/b2-1?,3-1-,4-2-,8-3?,11-4?,14-8?,14-12?. The number of hydrogen-bond acceptors (Lipinski definition) is 1. The largest absolute Gasteiger partial charge is 0.361 e. The molecular formula is C13H10N2. The molecular weight excluding hydrogens is 184 g/mol. The minimum Gasteiger partial charge on any atom is -0.361 e. The first-order chi connectivity index (χ1) is 7.45. The molecule has 0 saturated carbocycles. The van der Waals surface area contributed by atoms with Crippen molar-refractivity contribution in [1.29, 1.82) is 0 Å². The van der Waals surface area contributed by atoms with E-state index in [1.807, 2.05) is 36.7 Å². The number of aliphatic imine (C=N–C) groups is 1. The van der Waals surface area contributed by atoms with Gasteiger partial charge in [0, 0.05) is 23.4 Å². The first-order valence-corrected chi connectivity index (χ1v) is 4.93. The lowest BCUT2D eigenvalue weighted by Crippen LogP contribution is -1.81. The highest BCUT2D eigenvalue weighted by atomic mass is 14.7. The topological polar surface area (TPSA) is 28.1 Å². The molecule has 1 aromatic heterocycles. The van der Waals surface area contributed by atoms with Gasteiger partial charge in [-0.05, 0) is 18.2 Å². The molecule has 0 spiro atoms. The summed E-state index contributed by atoms with van der Waals surface area (Å²) >= 11 is 0. The second-order valence-electron chi connectivity index (χ2n) is 3.46. The van der Waals surface area contributed by atoms with E-state index in [1.54, 1.807) is 0 Å². The summed E-state index contributed by atoms with van der Waals surface area (Å²) < 4.78 is 0. The fourth-order valence-corrected chi connectivity index (χ4v) is 1.81. The van der Waals surface area contributed by atoms with Crippen LogP contribution in [-0.2, 0) is 0 Å². The monoisotopic (exact) mass is 194 g/mol. The van der Waals surface area contributed by atoms with E-state index in [1.165, 1.54) is 5.39 Å². The lowest BCUT2D eigenvalue weighted by molar-refractivity contribution is 1.45. The van der Waals surface area contributed by atoms with Crippen molar-refractivity contribution in [2.24, 2.45) is 4.99 Å². The summed E-state index contributed by atoms with van der Waals surface area (Å²) in [6.07, 6.45) is 11.8. The highest BCUT2D eigenvalue weighted by Gasteiger charge is 2.04. The Kier molecular flexibility index (Phi) is 1.78. The molecule has 1 aliphatic rings. The first kappa shape index (κ1) is 8.24. The predicted molar refractivity (Wildman–Crippen MR) is 64.6 cm³/mol. The van der Waals surface area contributed by atoms with Crippen LogP contribution in [-0.4, -0.2) is 11.2 Å². The highest BCUT2D eigenvalue weighted by Crippen LogP contribution is 2.29. The maximum absolute atomic E-state index is 4.39. The Bertz CT molecular complexity index is 586. The van der Waals surface area contributed by atoms with Crippen molar-refractivity contribution >= 4 is 28.9 Å². The van der Waals surface area contributed by atoms with Crippen molar-refractivity contribution in [3.05, 3.63) is 48.2 Å². The van der Waals surface area contributed by atoms with E-state index in [0.29, 0.717) is 0 Å². The number of rotatable bonds is 0. The van der Waals surface area contributed by atoms with Gasteiger partial charge in [-0.3, -0.25) is 4.99 Å². The molecule has 3 rings (SSSR count). The van der Waals surface area contributed by atoms with Crippen LogP contribution in [0.1, 0.15) is 5.56 Å². The molecule has 0 amide bonds. The summed E-state index contributed by atoms with van der Waals surface area (Å²) in [5.41, 5.74) is 3.31. The average molecular weight is 194 g/mol. The van der Waals surface area contributed by atoms with Gasteiger partial charge in [-0.25, -0.2) is 0 Å². The highest BCUT2D eigenvalue weighted by molar-refractivity contribution is 5.94. The maximum atomic E-state index is 4.39. The van der Waals surface area contributed by atoms with Crippen LogP contribution in [0.15, 0.2) is 47.6 Å². The van der Waals surface area contributed by atoms with E-state index in [-0.39, 0.29) is 0 Å². The molecule has 0 atom stereocenters. The van der Waals surface area contributed by atoms with Gasteiger partial charge < -0.3 is 4.98 Å². The summed E-state index contributed by atoms with van der Waals surface area (Å²) in [5.74, 6) is 0. The zero-order valence-corrected chi connectivity index (χ0v) is 8.14. The molecule has 72 valence electrons. The molecule has 0 bridgehead atoms. The van der Waals surface area contributed by atoms with E-state index >= 15 is 0 Å². The second-order valence-corrected chi connectivity index (χ2v) is 3.46. The number of aromatic nitrogens is 1. The number of nitrogens with one attached hydrogen (secondary N) is 1. The van der Waals surface area contributed by atoms with Gasteiger partial charge in [-0.2, -0.15) is 0 Å². The zero-order chi connectivity index (χ0) is 10.1. The maximum Gasteiger partial charge on any atom is 0.0723 e. The van der Waals surface area contributed by atoms with Crippen LogP contribution in [0.4, 0.5) is 5.69 Å². The number of benzene rings is 1. The predicted octanol–water partition coefficient (Wildman–Crippen LogP) is 3.45. The van der Waals surface area contributed by atoms with Crippen molar-refractivity contribution in [2.75, 3.05) is 0 Å². The Hall–Kier alpha value is -2.09. The second kappa shape index (κ2) is 3.24. The quantitative estimate of drug-likeness (QED) is 0.665. The number of allylic oxidation sites excluding steroid dienone is 3. The van der Waals surface area contributed by atoms with Crippen molar-refractivity contribution in [3.8, 4) is 0 Å². The molecule has 2 aromatic rings. The minimum absolute atomic E-state index is 1.01. The van der Waals surface area contributed by atoms with E-state index in [9.17, 15) is 0 Å². The minimum atomic E-state index is 1.01. The van der Waals surface area contributed by atoms with Gasteiger partial charge in [0.2, 0.25) is 0 Å². The normalized spacial score (nSPS) is 18.1. The lowest BCUT2D eigenvalue weighted by atomic mass is 10.1. The Morgan fingerprint density at radius 2 is 2.00 bits per heavy atom. The third-order valence-electron chi connectivity index (χ3n) is 2.53. The van der Waals surface area contributed by atoms with Gasteiger partial charge in [0.1, 0.15) is 0 Å². The fourth-order valence-electron chi connectivity index (χ4n) is 1.81. The molecule has 2 heterocycles. The molecule has 0 fully saturated rings. The number of fused-ring (bicyclic) bond motifs is 3. The molecule has 15 heavy (non-hydrogen) atoms. The molecule has 2 nitrogen and oxygen atoms in total. The molecule has 2 heteroatoms. The number of aromatic amines is 1. The Balaban J connectivity index is 2.37. The van der Waals surface area contributed by atoms with Crippen LogP contribution in [0.25, 0.3) is 17.0 Å². The summed E-state index contributed by atoms with van der Waals surface area (Å²) in [6.45, 7) is 0. The summed E-state index contributed by atoms with van der Waals surface area (Å²) in [4.78, 5) is 7.64. The average Bonchev–Trinajstić information content (AvgIpc) is 2.65. The molecule has 1 aliphatic heterocycles. The van der Waals surface area contributed by atoms with E-state index in [2.05, 4.69) is 28.2 Å². The molecule has 1 N–H and O–H groups in total. The molecule has 0 radical (unpaired) electrons. The van der Waals surface area contributed by atoms with Crippen LogP contribution in [0.3, 0.4) is 0 Å². The summed E-state index contributed by atoms with van der Waals surface area (Å²) in [6, 6.07) is 6.20. The smallest absolute Gasteiger partial charge is 0.0723 e. The van der Waals surface area contributed by atoms with Crippen molar-refractivity contribution in [1.82, 2.24) is 4.98 Å². The van der Waals surface area contributed by atoms with Gasteiger partial charge in [-0.1, -0.05) is 24.3 Å². The Morgan fingerprint density at radius 3 is 3.00 bits per heavy atom. The number of nitrogens with zero attached hydrogens (tertiary/aromatic N) is 1. The fraction of sp³-hybridized carbons (Fsp3) is 0. The van der Waals surface area contributed by atoms with Gasteiger partial charge in [-0.15, -0.1) is 0 Å². The number of hydrogen-bond donors (Lipinski definition) is 1. The molecule has 0 unspecified atom stereocenters. The van der Waals surface area contributed by atoms with Gasteiger partial charge in [0.15, 0.2) is 0 Å². The summed E-state index contributed by atoms with van der Waals surface area (Å²) in [7, 11) is 0. The lowest BCUT2D eigenvalue weighted by Gasteiger charge is -2.03. The van der Waals surface area contributed by atoms with Crippen molar-refractivity contribution < 1.29 is 0 Å². The third-order valence-corrected chi connectivity index (χ3v) is 2.53. The molecule has 0 aliphatic carbocycles. The van der Waals surface area contributed by atoms with Crippen molar-refractivity contribution in [3.63, 3.8) is 0 Å². The van der Waals surface area contributed by atoms with E-state index in [4.69, 9.17) is 0 Å². The summed E-state index contributed by atoms with van der Waals surface area (Å²) in [5, 5.41) is 1.22. The van der Waals surface area contributed by atoms with Gasteiger partial charge >= 0.3 is 0 Å². The van der Waals surface area contributed by atoms with Crippen LogP contribution in [0.2, 0.25) is 0 Å². The number of H-pyrrole nitrogens is 1. The van der Waals surface area contributed by atoms with Crippen LogP contribution < -0.4 is 0 Å². The van der Waals surface area contributed by atoms with Crippen LogP contribution in [0, 0.1) is 0 Å². The Morgan fingerprint density at radius 1 is 1.00 bits per heavy atom. The zero-order valence-electron chi connectivity index (χ0n) is 8.14. The van der Waals surface area contributed by atoms with Crippen LogP contribution >= 0.6 is 0 Å². The van der Waals surface area contributed by atoms with Gasteiger partial charge in [0.05, 0.1) is 11.2 Å². The van der Waals surface area contributed by atoms with Gasteiger partial charge in [0.25, 0.3) is 0 Å².